The molecule has 0 saturated carbocycles. The van der Waals surface area contributed by atoms with Crippen molar-refractivity contribution in [1.82, 2.24) is 0 Å². The Balaban J connectivity index is 1.71. The highest BCUT2D eigenvalue weighted by Crippen LogP contribution is 2.41. The number of alkyl halides is 2. The maximum atomic E-state index is 14.6. The largest absolute Gasteiger partial charge is 0.491 e. The minimum absolute atomic E-state index is 0.0124. The predicted molar refractivity (Wildman–Crippen MR) is 109 cm³/mol. The van der Waals surface area contributed by atoms with Crippen LogP contribution in [0.4, 0.5) is 35.1 Å². The number of hydrogen-bond acceptors (Lipinski definition) is 3. The van der Waals surface area contributed by atoms with E-state index in [1.54, 1.807) is 6.92 Å². The lowest BCUT2D eigenvalue weighted by Gasteiger charge is -2.20. The predicted octanol–water partition coefficient (Wildman–Crippen LogP) is 7.93. The summed E-state index contributed by atoms with van der Waals surface area (Å²) in [5.74, 6) is -10.9. The molecule has 0 bridgehead atoms. The monoisotopic (exact) mass is 504 g/mol. The van der Waals surface area contributed by atoms with Gasteiger partial charge in [0.05, 0.1) is 11.3 Å². The van der Waals surface area contributed by atoms with Crippen molar-refractivity contribution in [2.24, 2.45) is 0 Å². The topological polar surface area (TPSA) is 18.5 Å². The van der Waals surface area contributed by atoms with Crippen LogP contribution in [0.1, 0.15) is 12.5 Å². The summed E-state index contributed by atoms with van der Waals surface area (Å²) in [5, 5.41) is 0.403. The third-order valence-electron chi connectivity index (χ3n) is 4.71. The third kappa shape index (κ3) is 4.27. The Bertz CT molecular complexity index is 1350. The van der Waals surface area contributed by atoms with E-state index in [0.717, 1.165) is 11.3 Å². The Morgan fingerprint density at radius 2 is 1.41 bits per heavy atom. The van der Waals surface area contributed by atoms with E-state index in [1.807, 2.05) is 0 Å². The smallest absolute Gasteiger partial charge is 0.432 e. The Morgan fingerprint density at radius 3 is 2.00 bits per heavy atom. The zero-order valence-electron chi connectivity index (χ0n) is 17.0. The number of ether oxygens (including phenoxy) is 2. The molecule has 1 aromatic heterocycles. The van der Waals surface area contributed by atoms with Gasteiger partial charge in [-0.05, 0) is 48.2 Å². The summed E-state index contributed by atoms with van der Waals surface area (Å²) in [6.45, 7) is 1.88. The first-order valence-electron chi connectivity index (χ1n) is 9.58. The first-order chi connectivity index (χ1) is 16.0. The van der Waals surface area contributed by atoms with Crippen LogP contribution in [0.15, 0.2) is 42.5 Å². The Kier molecular flexibility index (Phi) is 6.15. The second-order valence-corrected chi connectivity index (χ2v) is 8.03. The number of rotatable bonds is 6. The quantitative estimate of drug-likeness (QED) is 0.196. The zero-order valence-corrected chi connectivity index (χ0v) is 17.8. The minimum atomic E-state index is -4.71. The van der Waals surface area contributed by atoms with Crippen molar-refractivity contribution in [3.63, 3.8) is 0 Å². The van der Waals surface area contributed by atoms with Gasteiger partial charge in [0.2, 0.25) is 0 Å². The summed E-state index contributed by atoms with van der Waals surface area (Å²) in [6.07, 6.45) is -4.71. The summed E-state index contributed by atoms with van der Waals surface area (Å²) in [6, 6.07) is 5.75. The molecule has 0 saturated heterocycles. The SMILES string of the molecule is CCOc1ccc2cc(-c3cc(F)c(C(F)(F)Oc4cc(F)c(F)c(F)c4)c(F)c3)sc2c1F. The second-order valence-electron chi connectivity index (χ2n) is 6.97. The van der Waals surface area contributed by atoms with Crippen LogP contribution in [0.5, 0.6) is 11.5 Å². The maximum absolute atomic E-state index is 14.6. The fourth-order valence-electron chi connectivity index (χ4n) is 3.24. The third-order valence-corrected chi connectivity index (χ3v) is 5.90. The Morgan fingerprint density at radius 1 is 0.794 bits per heavy atom. The zero-order chi connectivity index (χ0) is 24.8. The molecule has 2 nitrogen and oxygen atoms in total. The maximum Gasteiger partial charge on any atom is 0.432 e. The van der Waals surface area contributed by atoms with E-state index in [4.69, 9.17) is 4.74 Å². The average molecular weight is 504 g/mol. The first kappa shape index (κ1) is 23.8. The summed E-state index contributed by atoms with van der Waals surface area (Å²) in [7, 11) is 0. The van der Waals surface area contributed by atoms with Crippen molar-refractivity contribution in [2.45, 2.75) is 13.0 Å². The van der Waals surface area contributed by atoms with E-state index in [9.17, 15) is 35.1 Å². The molecule has 3 aromatic carbocycles. The van der Waals surface area contributed by atoms with Gasteiger partial charge in [-0.25, -0.2) is 26.3 Å². The van der Waals surface area contributed by atoms with Crippen molar-refractivity contribution in [1.29, 1.82) is 0 Å². The number of thiophene rings is 1. The molecule has 4 rings (SSSR count). The van der Waals surface area contributed by atoms with Gasteiger partial charge in [-0.15, -0.1) is 11.3 Å². The molecule has 0 fully saturated rings. The van der Waals surface area contributed by atoms with Crippen LogP contribution in [0.25, 0.3) is 20.5 Å². The van der Waals surface area contributed by atoms with E-state index >= 15 is 0 Å². The molecular formula is C23H12F8O2S. The minimum Gasteiger partial charge on any atom is -0.491 e. The molecule has 0 aliphatic heterocycles. The molecule has 0 atom stereocenters. The van der Waals surface area contributed by atoms with Crippen LogP contribution in [-0.4, -0.2) is 6.61 Å². The highest BCUT2D eigenvalue weighted by atomic mass is 32.1. The van der Waals surface area contributed by atoms with E-state index in [0.29, 0.717) is 17.5 Å². The Hall–Kier alpha value is -3.34. The molecule has 0 aliphatic rings. The molecule has 0 unspecified atom stereocenters. The van der Waals surface area contributed by atoms with Crippen LogP contribution in [0.3, 0.4) is 0 Å². The molecule has 0 aliphatic carbocycles. The fraction of sp³-hybridized carbons (Fsp3) is 0.130. The molecule has 178 valence electrons. The van der Waals surface area contributed by atoms with Gasteiger partial charge in [-0.3, -0.25) is 0 Å². The molecule has 0 amide bonds. The van der Waals surface area contributed by atoms with E-state index < -0.39 is 52.3 Å². The number of halogens is 8. The number of hydrogen-bond donors (Lipinski definition) is 0. The summed E-state index contributed by atoms with van der Waals surface area (Å²) < 4.78 is 122. The fourth-order valence-corrected chi connectivity index (χ4v) is 4.32. The van der Waals surface area contributed by atoms with Crippen LogP contribution in [0, 0.1) is 34.9 Å². The van der Waals surface area contributed by atoms with E-state index in [1.165, 1.54) is 18.2 Å². The number of fused-ring (bicyclic) bond motifs is 1. The summed E-state index contributed by atoms with van der Waals surface area (Å²) in [4.78, 5) is 0.179. The molecule has 34 heavy (non-hydrogen) atoms. The van der Waals surface area contributed by atoms with Gasteiger partial charge in [-0.2, -0.15) is 8.78 Å². The van der Waals surface area contributed by atoms with Gasteiger partial charge >= 0.3 is 6.11 Å². The summed E-state index contributed by atoms with van der Waals surface area (Å²) >= 11 is 0.829. The van der Waals surface area contributed by atoms with Gasteiger partial charge in [0.15, 0.2) is 29.0 Å². The molecule has 11 heteroatoms. The highest BCUT2D eigenvalue weighted by molar-refractivity contribution is 7.22. The van der Waals surface area contributed by atoms with Crippen LogP contribution < -0.4 is 9.47 Å². The molecule has 4 aromatic rings. The van der Waals surface area contributed by atoms with Crippen LogP contribution in [0.2, 0.25) is 0 Å². The normalized spacial score (nSPS) is 11.8. The van der Waals surface area contributed by atoms with Crippen molar-refractivity contribution in [3.8, 4) is 21.9 Å². The standard InChI is InChI=1S/C23H12F8O2S/c1-2-32-17-4-3-10-7-18(34-22(10)21(17)29)11-5-13(24)19(14(25)6-11)23(30,31)33-12-8-15(26)20(28)16(27)9-12/h3-9H,2H2,1H3. The lowest BCUT2D eigenvalue weighted by molar-refractivity contribution is -0.189. The molecule has 0 radical (unpaired) electrons. The molecule has 0 N–H and O–H groups in total. The summed E-state index contributed by atoms with van der Waals surface area (Å²) in [5.41, 5.74) is -1.99. The van der Waals surface area contributed by atoms with Crippen molar-refractivity contribution in [2.75, 3.05) is 6.61 Å². The lowest BCUT2D eigenvalue weighted by atomic mass is 10.1. The van der Waals surface area contributed by atoms with Gasteiger partial charge in [0.25, 0.3) is 0 Å². The first-order valence-corrected chi connectivity index (χ1v) is 10.4. The van der Waals surface area contributed by atoms with Crippen molar-refractivity contribution >= 4 is 21.4 Å². The molecule has 0 spiro atoms. The molecule has 1 heterocycles. The highest BCUT2D eigenvalue weighted by Gasteiger charge is 2.41. The van der Waals surface area contributed by atoms with Gasteiger partial charge < -0.3 is 9.47 Å². The van der Waals surface area contributed by atoms with Crippen molar-refractivity contribution < 1.29 is 44.6 Å². The lowest BCUT2D eigenvalue weighted by Crippen LogP contribution is -2.25. The van der Waals surface area contributed by atoms with Crippen LogP contribution in [-0.2, 0) is 6.11 Å². The van der Waals surface area contributed by atoms with Gasteiger partial charge in [-0.1, -0.05) is 0 Å². The van der Waals surface area contributed by atoms with Crippen molar-refractivity contribution in [3.05, 3.63) is 82.9 Å². The van der Waals surface area contributed by atoms with E-state index in [2.05, 4.69) is 4.74 Å². The van der Waals surface area contributed by atoms with Gasteiger partial charge in [0, 0.05) is 17.0 Å². The average Bonchev–Trinajstić information content (AvgIpc) is 3.18. The van der Waals surface area contributed by atoms with E-state index in [-0.39, 0.29) is 39.6 Å². The molecular weight excluding hydrogens is 492 g/mol. The number of benzene rings is 3. The van der Waals surface area contributed by atoms with Crippen LogP contribution >= 0.6 is 11.3 Å². The Labute approximate surface area is 191 Å². The second kappa shape index (κ2) is 8.79. The van der Waals surface area contributed by atoms with Gasteiger partial charge in [0.1, 0.15) is 22.9 Å².